The Hall–Kier alpha value is -3.10. The lowest BCUT2D eigenvalue weighted by molar-refractivity contribution is -0.0250. The molecule has 7 nitrogen and oxygen atoms in total. The Morgan fingerprint density at radius 3 is 2.78 bits per heavy atom. The third kappa shape index (κ3) is 4.87. The van der Waals surface area contributed by atoms with Crippen LogP contribution in [0.2, 0.25) is 0 Å². The van der Waals surface area contributed by atoms with Crippen LogP contribution in [0.5, 0.6) is 0 Å². The van der Waals surface area contributed by atoms with Crippen LogP contribution in [0.15, 0.2) is 47.1 Å². The van der Waals surface area contributed by atoms with E-state index in [1.165, 1.54) is 6.07 Å². The topological polar surface area (TPSA) is 71.7 Å². The number of carbonyl (C=O) groups is 1. The quantitative estimate of drug-likeness (QED) is 0.588. The summed E-state index contributed by atoms with van der Waals surface area (Å²) in [7, 11) is 3.87. The number of amides is 1. The second-order valence-corrected chi connectivity index (χ2v) is 8.27. The van der Waals surface area contributed by atoms with E-state index in [-0.39, 0.29) is 17.8 Å². The largest absolute Gasteiger partial charge is 0.368 e. The van der Waals surface area contributed by atoms with Gasteiger partial charge in [0.15, 0.2) is 5.69 Å². The molecule has 1 amide bonds. The smallest absolute Gasteiger partial charge is 0.276 e. The molecule has 3 heterocycles. The van der Waals surface area contributed by atoms with Gasteiger partial charge in [-0.2, -0.15) is 0 Å². The van der Waals surface area contributed by atoms with Crippen molar-refractivity contribution in [1.82, 2.24) is 19.9 Å². The highest BCUT2D eigenvalue weighted by molar-refractivity contribution is 5.94. The lowest BCUT2D eigenvalue weighted by Crippen LogP contribution is -2.43. The van der Waals surface area contributed by atoms with E-state index < -0.39 is 0 Å². The van der Waals surface area contributed by atoms with Crippen molar-refractivity contribution in [2.45, 2.75) is 26.0 Å². The first kappa shape index (κ1) is 22.1. The molecule has 0 saturated carbocycles. The minimum atomic E-state index is -0.333. The van der Waals surface area contributed by atoms with Crippen molar-refractivity contribution in [2.75, 3.05) is 33.8 Å². The number of hydrogen-bond donors (Lipinski definition) is 0. The van der Waals surface area contributed by atoms with Crippen LogP contribution in [0.25, 0.3) is 0 Å². The first-order valence-corrected chi connectivity index (χ1v) is 10.6. The second-order valence-electron chi connectivity index (χ2n) is 8.27. The van der Waals surface area contributed by atoms with Gasteiger partial charge in [0.05, 0.1) is 18.8 Å². The number of nitrogens with zero attached hydrogens (tertiary/aromatic N) is 4. The predicted molar refractivity (Wildman–Crippen MR) is 117 cm³/mol. The molecule has 1 atom stereocenters. The molecule has 8 heteroatoms. The zero-order valence-corrected chi connectivity index (χ0v) is 18.5. The number of morpholine rings is 1. The van der Waals surface area contributed by atoms with E-state index in [2.05, 4.69) is 10.1 Å². The summed E-state index contributed by atoms with van der Waals surface area (Å²) in [6, 6.07) is 10.5. The van der Waals surface area contributed by atoms with Crippen molar-refractivity contribution in [3.8, 4) is 0 Å². The number of benzene rings is 1. The molecular formula is C24H27FN4O3. The normalized spacial score (nSPS) is 16.5. The Labute approximate surface area is 186 Å². The number of ether oxygens (including phenoxy) is 1. The van der Waals surface area contributed by atoms with E-state index >= 15 is 0 Å². The second kappa shape index (κ2) is 9.58. The molecule has 1 aliphatic rings. The lowest BCUT2D eigenvalue weighted by Gasteiger charge is -2.32. The number of rotatable bonds is 6. The predicted octanol–water partition coefficient (Wildman–Crippen LogP) is 3.38. The molecular weight excluding hydrogens is 411 g/mol. The number of pyridine rings is 1. The maximum absolute atomic E-state index is 13.9. The summed E-state index contributed by atoms with van der Waals surface area (Å²) < 4.78 is 25.1. The number of aromatic nitrogens is 2. The monoisotopic (exact) mass is 438 g/mol. The van der Waals surface area contributed by atoms with Crippen LogP contribution in [0, 0.1) is 12.7 Å². The van der Waals surface area contributed by atoms with Gasteiger partial charge < -0.3 is 19.1 Å². The van der Waals surface area contributed by atoms with Crippen molar-refractivity contribution in [2.24, 2.45) is 0 Å². The molecule has 1 aromatic carbocycles. The van der Waals surface area contributed by atoms with Gasteiger partial charge in [-0.15, -0.1) is 0 Å². The lowest BCUT2D eigenvalue weighted by atomic mass is 10.0. The van der Waals surface area contributed by atoms with E-state index in [9.17, 15) is 9.18 Å². The van der Waals surface area contributed by atoms with Crippen LogP contribution in [0.3, 0.4) is 0 Å². The average molecular weight is 439 g/mol. The van der Waals surface area contributed by atoms with Crippen LogP contribution in [-0.2, 0) is 17.7 Å². The third-order valence-corrected chi connectivity index (χ3v) is 5.55. The molecule has 1 aliphatic heterocycles. The summed E-state index contributed by atoms with van der Waals surface area (Å²) in [6.45, 7) is 3.67. The first-order chi connectivity index (χ1) is 15.4. The fourth-order valence-corrected chi connectivity index (χ4v) is 3.82. The molecule has 0 aliphatic carbocycles. The minimum absolute atomic E-state index is 0.164. The highest BCUT2D eigenvalue weighted by atomic mass is 19.1. The fourth-order valence-electron chi connectivity index (χ4n) is 3.82. The zero-order chi connectivity index (χ0) is 22.7. The first-order valence-electron chi connectivity index (χ1n) is 10.6. The van der Waals surface area contributed by atoms with E-state index in [0.717, 1.165) is 16.8 Å². The molecule has 3 aromatic rings. The van der Waals surface area contributed by atoms with Crippen molar-refractivity contribution >= 4 is 5.91 Å². The van der Waals surface area contributed by atoms with E-state index in [4.69, 9.17) is 9.26 Å². The molecule has 1 saturated heterocycles. The summed E-state index contributed by atoms with van der Waals surface area (Å²) in [5.41, 5.74) is 3.44. The Bertz CT molecular complexity index is 1080. The van der Waals surface area contributed by atoms with Gasteiger partial charge in [0, 0.05) is 31.3 Å². The maximum Gasteiger partial charge on any atom is 0.276 e. The minimum Gasteiger partial charge on any atom is -0.368 e. The van der Waals surface area contributed by atoms with Crippen LogP contribution in [0.4, 0.5) is 4.39 Å². The SMILES string of the molecule is Cc1onc(C(=O)N2CCOC(c3ccc(Cc4ccccc4F)cn3)C2)c1CN(C)C. The summed E-state index contributed by atoms with van der Waals surface area (Å²) >= 11 is 0. The standard InChI is InChI=1S/C24H27FN4O3/c1-16-19(14-28(2)3)23(27-32-16)24(30)29-10-11-31-22(15-29)21-9-8-17(13-26-21)12-18-6-4-5-7-20(18)25/h4-9,13,22H,10-12,14-15H2,1-3H3. The summed E-state index contributed by atoms with van der Waals surface area (Å²) in [5.74, 6) is 0.264. The Morgan fingerprint density at radius 2 is 2.06 bits per heavy atom. The Morgan fingerprint density at radius 1 is 1.25 bits per heavy atom. The van der Waals surface area contributed by atoms with Gasteiger partial charge in [-0.25, -0.2) is 4.39 Å². The highest BCUT2D eigenvalue weighted by Crippen LogP contribution is 2.24. The highest BCUT2D eigenvalue weighted by Gasteiger charge is 2.30. The summed E-state index contributed by atoms with van der Waals surface area (Å²) in [4.78, 5) is 21.4. The van der Waals surface area contributed by atoms with Crippen LogP contribution >= 0.6 is 0 Å². The number of carbonyl (C=O) groups excluding carboxylic acids is 1. The molecule has 4 rings (SSSR count). The number of hydrogen-bond acceptors (Lipinski definition) is 6. The summed E-state index contributed by atoms with van der Waals surface area (Å²) in [6.07, 6.45) is 1.87. The molecule has 32 heavy (non-hydrogen) atoms. The van der Waals surface area contributed by atoms with Crippen molar-refractivity contribution < 1.29 is 18.4 Å². The molecule has 0 N–H and O–H groups in total. The van der Waals surface area contributed by atoms with Gasteiger partial charge in [-0.05, 0) is 44.3 Å². The third-order valence-electron chi connectivity index (χ3n) is 5.55. The molecule has 2 aromatic heterocycles. The Balaban J connectivity index is 1.45. The van der Waals surface area contributed by atoms with E-state index in [0.29, 0.717) is 49.7 Å². The van der Waals surface area contributed by atoms with Crippen molar-refractivity contribution in [3.63, 3.8) is 0 Å². The molecule has 1 unspecified atom stereocenters. The van der Waals surface area contributed by atoms with Crippen LogP contribution in [0.1, 0.15) is 44.7 Å². The van der Waals surface area contributed by atoms with Gasteiger partial charge in [-0.3, -0.25) is 9.78 Å². The molecule has 0 radical (unpaired) electrons. The average Bonchev–Trinajstić information content (AvgIpc) is 3.15. The van der Waals surface area contributed by atoms with Gasteiger partial charge in [0.1, 0.15) is 17.7 Å². The van der Waals surface area contributed by atoms with Crippen LogP contribution in [-0.4, -0.2) is 59.6 Å². The Kier molecular flexibility index (Phi) is 6.62. The van der Waals surface area contributed by atoms with Gasteiger partial charge in [0.2, 0.25) is 0 Å². The molecule has 0 bridgehead atoms. The fraction of sp³-hybridized carbons (Fsp3) is 0.375. The van der Waals surface area contributed by atoms with Gasteiger partial charge in [0.25, 0.3) is 5.91 Å². The molecule has 1 fully saturated rings. The van der Waals surface area contributed by atoms with Gasteiger partial charge in [-0.1, -0.05) is 29.4 Å². The van der Waals surface area contributed by atoms with Crippen molar-refractivity contribution in [1.29, 1.82) is 0 Å². The summed E-state index contributed by atoms with van der Waals surface area (Å²) in [5, 5.41) is 4.02. The van der Waals surface area contributed by atoms with E-state index in [1.807, 2.05) is 44.1 Å². The molecule has 0 spiro atoms. The van der Waals surface area contributed by atoms with Gasteiger partial charge >= 0.3 is 0 Å². The number of halogens is 1. The van der Waals surface area contributed by atoms with Crippen molar-refractivity contribution in [3.05, 3.63) is 82.3 Å². The van der Waals surface area contributed by atoms with Crippen LogP contribution < -0.4 is 0 Å². The van der Waals surface area contributed by atoms with E-state index in [1.54, 1.807) is 23.2 Å². The number of aryl methyl sites for hydroxylation is 1. The zero-order valence-electron chi connectivity index (χ0n) is 18.5. The maximum atomic E-state index is 13.9. The molecule has 168 valence electrons.